The SMILES string of the molecule is COCCNC(=O)CN1C(=O)CSC(c2cc(OC)ccc2OC)c2c(-c3ccccc3)nn(-c3ccc(C)cc3C)c21. The molecular weight excluding hydrogens is 564 g/mol. The van der Waals surface area contributed by atoms with Crippen molar-refractivity contribution < 1.29 is 23.8 Å². The van der Waals surface area contributed by atoms with Gasteiger partial charge in [0.15, 0.2) is 0 Å². The third-order valence-corrected chi connectivity index (χ3v) is 8.60. The van der Waals surface area contributed by atoms with Crippen molar-refractivity contribution in [3.63, 3.8) is 0 Å². The fraction of sp³-hybridized carbons (Fsp3) is 0.303. The average Bonchev–Trinajstić information content (AvgIpc) is 3.33. The van der Waals surface area contributed by atoms with Crippen molar-refractivity contribution >= 4 is 29.4 Å². The molecule has 10 heteroatoms. The molecule has 5 rings (SSSR count). The highest BCUT2D eigenvalue weighted by Gasteiger charge is 2.39. The van der Waals surface area contributed by atoms with Gasteiger partial charge in [0, 0.05) is 30.3 Å². The molecule has 0 saturated carbocycles. The molecule has 0 saturated heterocycles. The first-order chi connectivity index (χ1) is 20.9. The van der Waals surface area contributed by atoms with E-state index in [1.54, 1.807) is 26.2 Å². The molecule has 0 radical (unpaired) electrons. The van der Waals surface area contributed by atoms with E-state index >= 15 is 0 Å². The zero-order chi connectivity index (χ0) is 30.5. The van der Waals surface area contributed by atoms with Crippen LogP contribution in [-0.4, -0.2) is 68.4 Å². The van der Waals surface area contributed by atoms with E-state index in [0.717, 1.165) is 39.2 Å². The lowest BCUT2D eigenvalue weighted by atomic mass is 9.98. The summed E-state index contributed by atoms with van der Waals surface area (Å²) in [7, 11) is 4.83. The second-order valence-electron chi connectivity index (χ2n) is 10.3. The van der Waals surface area contributed by atoms with Crippen molar-refractivity contribution in [3.05, 3.63) is 89.0 Å². The number of carbonyl (C=O) groups excluding carboxylic acids is 2. The van der Waals surface area contributed by atoms with Crippen LogP contribution in [0, 0.1) is 13.8 Å². The van der Waals surface area contributed by atoms with E-state index in [9.17, 15) is 9.59 Å². The Balaban J connectivity index is 1.81. The molecule has 0 bridgehead atoms. The van der Waals surface area contributed by atoms with E-state index in [-0.39, 0.29) is 29.4 Å². The van der Waals surface area contributed by atoms with Crippen LogP contribution in [0.25, 0.3) is 16.9 Å². The quantitative estimate of drug-likeness (QED) is 0.253. The number of aryl methyl sites for hydroxylation is 2. The Bertz CT molecular complexity index is 1620. The topological polar surface area (TPSA) is 94.9 Å². The number of benzene rings is 3. The Labute approximate surface area is 256 Å². The first-order valence-electron chi connectivity index (χ1n) is 14.0. The zero-order valence-corrected chi connectivity index (χ0v) is 25.9. The van der Waals surface area contributed by atoms with Gasteiger partial charge < -0.3 is 19.5 Å². The van der Waals surface area contributed by atoms with E-state index < -0.39 is 0 Å². The van der Waals surface area contributed by atoms with Crippen molar-refractivity contribution in [1.29, 1.82) is 0 Å². The highest BCUT2D eigenvalue weighted by molar-refractivity contribution is 8.00. The minimum Gasteiger partial charge on any atom is -0.497 e. The number of methoxy groups -OCH3 is 3. The van der Waals surface area contributed by atoms with E-state index in [1.165, 1.54) is 11.8 Å². The van der Waals surface area contributed by atoms with Gasteiger partial charge in [-0.2, -0.15) is 5.10 Å². The lowest BCUT2D eigenvalue weighted by molar-refractivity contribution is -0.123. The van der Waals surface area contributed by atoms with Crippen molar-refractivity contribution in [3.8, 4) is 28.4 Å². The summed E-state index contributed by atoms with van der Waals surface area (Å²) in [6, 6.07) is 21.7. The Morgan fingerprint density at radius 2 is 1.81 bits per heavy atom. The molecule has 1 aliphatic heterocycles. The molecule has 1 unspecified atom stereocenters. The summed E-state index contributed by atoms with van der Waals surface area (Å²) in [6.07, 6.45) is 0. The van der Waals surface area contributed by atoms with Crippen molar-refractivity contribution in [1.82, 2.24) is 15.1 Å². The first-order valence-corrected chi connectivity index (χ1v) is 15.1. The number of aromatic nitrogens is 2. The van der Waals surface area contributed by atoms with Gasteiger partial charge in [0.2, 0.25) is 11.8 Å². The van der Waals surface area contributed by atoms with Gasteiger partial charge in [-0.25, -0.2) is 4.68 Å². The molecule has 0 fully saturated rings. The number of carbonyl (C=O) groups is 2. The number of thioether (sulfide) groups is 1. The summed E-state index contributed by atoms with van der Waals surface area (Å²) < 4.78 is 18.3. The number of hydrogen-bond donors (Lipinski definition) is 1. The Morgan fingerprint density at radius 3 is 2.51 bits per heavy atom. The standard InChI is InChI=1S/C33H36N4O5S/c1-21-11-13-26(22(2)17-21)37-33-30(31(35-37)23-9-7-6-8-10-23)32(25-18-24(41-4)12-14-27(25)42-5)43-20-29(39)36(33)19-28(38)34-15-16-40-3/h6-14,17-18,32H,15-16,19-20H2,1-5H3,(H,34,38). The summed E-state index contributed by atoms with van der Waals surface area (Å²) in [5.74, 6) is 1.56. The molecule has 1 aliphatic rings. The molecule has 2 heterocycles. The average molecular weight is 601 g/mol. The zero-order valence-electron chi connectivity index (χ0n) is 25.0. The van der Waals surface area contributed by atoms with Crippen LogP contribution >= 0.6 is 11.8 Å². The van der Waals surface area contributed by atoms with Crippen LogP contribution < -0.4 is 19.7 Å². The highest BCUT2D eigenvalue weighted by atomic mass is 32.2. The molecule has 4 aromatic rings. The summed E-state index contributed by atoms with van der Waals surface area (Å²) in [6.45, 7) is 4.61. The van der Waals surface area contributed by atoms with E-state index in [0.29, 0.717) is 30.5 Å². The number of anilines is 1. The van der Waals surface area contributed by atoms with Crippen LogP contribution in [0.1, 0.15) is 27.5 Å². The highest BCUT2D eigenvalue weighted by Crippen LogP contribution is 2.51. The van der Waals surface area contributed by atoms with E-state index in [2.05, 4.69) is 11.4 Å². The van der Waals surface area contributed by atoms with E-state index in [4.69, 9.17) is 19.3 Å². The molecule has 1 aromatic heterocycles. The number of amides is 2. The molecular formula is C33H36N4O5S. The minimum atomic E-state index is -0.361. The van der Waals surface area contributed by atoms with Crippen molar-refractivity contribution in [2.75, 3.05) is 51.7 Å². The van der Waals surface area contributed by atoms with Gasteiger partial charge in [0.25, 0.3) is 0 Å². The molecule has 1 atom stereocenters. The molecule has 0 spiro atoms. The van der Waals surface area contributed by atoms with Crippen LogP contribution in [0.3, 0.4) is 0 Å². The normalized spacial score (nSPS) is 14.7. The molecule has 1 N–H and O–H groups in total. The first kappa shape index (κ1) is 30.2. The van der Waals surface area contributed by atoms with Crippen molar-refractivity contribution in [2.45, 2.75) is 19.1 Å². The van der Waals surface area contributed by atoms with Gasteiger partial charge in [-0.15, -0.1) is 11.8 Å². The smallest absolute Gasteiger partial charge is 0.240 e. The summed E-state index contributed by atoms with van der Waals surface area (Å²) in [4.78, 5) is 28.7. The number of nitrogens with one attached hydrogen (secondary N) is 1. The third kappa shape index (κ3) is 6.25. The van der Waals surface area contributed by atoms with Gasteiger partial charge in [0.05, 0.1) is 43.2 Å². The second-order valence-corrected chi connectivity index (χ2v) is 11.4. The molecule has 0 aliphatic carbocycles. The predicted molar refractivity (Wildman–Crippen MR) is 170 cm³/mol. The lowest BCUT2D eigenvalue weighted by Crippen LogP contribution is -2.43. The molecule has 2 amide bonds. The number of nitrogens with zero attached hydrogens (tertiary/aromatic N) is 3. The number of hydrogen-bond acceptors (Lipinski definition) is 7. The van der Waals surface area contributed by atoms with Gasteiger partial charge in [-0.3, -0.25) is 14.5 Å². The van der Waals surface area contributed by atoms with Gasteiger partial charge in [-0.1, -0.05) is 48.0 Å². The fourth-order valence-electron chi connectivity index (χ4n) is 5.32. The summed E-state index contributed by atoms with van der Waals surface area (Å²) in [5.41, 5.74) is 6.22. The Morgan fingerprint density at radius 1 is 1.02 bits per heavy atom. The van der Waals surface area contributed by atoms with Crippen molar-refractivity contribution in [2.24, 2.45) is 0 Å². The monoisotopic (exact) mass is 600 g/mol. The second kappa shape index (κ2) is 13.4. The Kier molecular flexibility index (Phi) is 9.37. The van der Waals surface area contributed by atoms with Crippen LogP contribution in [0.15, 0.2) is 66.7 Å². The predicted octanol–water partition coefficient (Wildman–Crippen LogP) is 5.11. The molecule has 224 valence electrons. The molecule has 3 aromatic carbocycles. The van der Waals surface area contributed by atoms with Gasteiger partial charge in [0.1, 0.15) is 23.9 Å². The number of ether oxygens (including phenoxy) is 3. The maximum Gasteiger partial charge on any atom is 0.240 e. The summed E-state index contributed by atoms with van der Waals surface area (Å²) in [5, 5.41) is 7.70. The maximum absolute atomic E-state index is 14.0. The largest absolute Gasteiger partial charge is 0.497 e. The lowest BCUT2D eigenvalue weighted by Gasteiger charge is -2.24. The van der Waals surface area contributed by atoms with Gasteiger partial charge >= 0.3 is 0 Å². The van der Waals surface area contributed by atoms with E-state index in [1.807, 2.05) is 79.2 Å². The fourth-order valence-corrected chi connectivity index (χ4v) is 6.53. The van der Waals surface area contributed by atoms with Crippen LogP contribution in [0.4, 0.5) is 5.82 Å². The number of rotatable bonds is 10. The minimum absolute atomic E-state index is 0.145. The van der Waals surface area contributed by atoms with Crippen LogP contribution in [-0.2, 0) is 14.3 Å². The summed E-state index contributed by atoms with van der Waals surface area (Å²) >= 11 is 1.48. The third-order valence-electron chi connectivity index (χ3n) is 7.37. The maximum atomic E-state index is 14.0. The molecule has 43 heavy (non-hydrogen) atoms. The van der Waals surface area contributed by atoms with Gasteiger partial charge in [-0.05, 0) is 43.7 Å². The number of fused-ring (bicyclic) bond motifs is 1. The van der Waals surface area contributed by atoms with Crippen LogP contribution in [0.2, 0.25) is 0 Å². The molecule has 9 nitrogen and oxygen atoms in total. The Hall–Kier alpha value is -4.28. The van der Waals surface area contributed by atoms with Crippen LogP contribution in [0.5, 0.6) is 11.5 Å².